The first kappa shape index (κ1) is 15.6. The Morgan fingerprint density at radius 3 is 2.47 bits per heavy atom. The third kappa shape index (κ3) is 3.75. The molecule has 0 aliphatic rings. The number of halogens is 1. The van der Waals surface area contributed by atoms with Crippen LogP contribution in [0.5, 0.6) is 0 Å². The number of hydrogen-bond donors (Lipinski definition) is 3. The van der Waals surface area contributed by atoms with Gasteiger partial charge >= 0.3 is 5.97 Å². The Kier molecular flexibility index (Phi) is 5.44. The van der Waals surface area contributed by atoms with E-state index in [9.17, 15) is 14.3 Å². The number of aliphatic hydroxyl groups is 1. The Labute approximate surface area is 112 Å². The highest BCUT2D eigenvalue weighted by atomic mass is 19.1. The zero-order valence-corrected chi connectivity index (χ0v) is 11.2. The number of nitrogens with one attached hydrogen (secondary N) is 1. The molecular weight excluding hydrogens is 249 g/mol. The maximum absolute atomic E-state index is 13.6. The van der Waals surface area contributed by atoms with Crippen LogP contribution in [0.4, 0.5) is 4.39 Å². The molecule has 0 aromatic heterocycles. The van der Waals surface area contributed by atoms with Crippen LogP contribution >= 0.6 is 0 Å². The first-order valence-electron chi connectivity index (χ1n) is 6.35. The summed E-state index contributed by atoms with van der Waals surface area (Å²) >= 11 is 0. The lowest BCUT2D eigenvalue weighted by Crippen LogP contribution is -2.47. The molecule has 0 atom stereocenters. The van der Waals surface area contributed by atoms with Crippen molar-refractivity contribution < 1.29 is 19.4 Å². The van der Waals surface area contributed by atoms with Gasteiger partial charge < -0.3 is 15.5 Å². The highest BCUT2D eigenvalue weighted by Crippen LogP contribution is 2.17. The number of carbonyl (C=O) groups is 1. The zero-order valence-electron chi connectivity index (χ0n) is 11.2. The van der Waals surface area contributed by atoms with Crippen LogP contribution in [0.15, 0.2) is 18.2 Å². The van der Waals surface area contributed by atoms with Crippen LogP contribution in [0.25, 0.3) is 0 Å². The van der Waals surface area contributed by atoms with E-state index in [0.717, 1.165) is 6.07 Å². The fourth-order valence-corrected chi connectivity index (χ4v) is 1.91. The van der Waals surface area contributed by atoms with Gasteiger partial charge in [0.2, 0.25) is 0 Å². The van der Waals surface area contributed by atoms with Crippen LogP contribution in [-0.4, -0.2) is 28.3 Å². The second kappa shape index (κ2) is 6.63. The van der Waals surface area contributed by atoms with Crippen LogP contribution in [0.2, 0.25) is 0 Å². The molecule has 0 aliphatic heterocycles. The van der Waals surface area contributed by atoms with Crippen LogP contribution in [0, 0.1) is 5.82 Å². The van der Waals surface area contributed by atoms with E-state index in [1.807, 2.05) is 13.8 Å². The molecule has 0 bridgehead atoms. The largest absolute Gasteiger partial charge is 0.478 e. The molecule has 0 saturated heterocycles. The van der Waals surface area contributed by atoms with E-state index < -0.39 is 17.3 Å². The van der Waals surface area contributed by atoms with Crippen molar-refractivity contribution in [2.24, 2.45) is 0 Å². The molecule has 106 valence electrons. The SMILES string of the molecule is CCC(CC)(CO)NCc1cc(C(=O)O)ccc1F. The van der Waals surface area contributed by atoms with Gasteiger partial charge in [-0.1, -0.05) is 13.8 Å². The summed E-state index contributed by atoms with van der Waals surface area (Å²) < 4.78 is 13.6. The first-order chi connectivity index (χ1) is 8.98. The minimum Gasteiger partial charge on any atom is -0.478 e. The summed E-state index contributed by atoms with van der Waals surface area (Å²) in [7, 11) is 0. The second-order valence-corrected chi connectivity index (χ2v) is 4.61. The molecule has 0 heterocycles. The predicted molar refractivity (Wildman–Crippen MR) is 70.6 cm³/mol. The Morgan fingerprint density at radius 2 is 2.00 bits per heavy atom. The summed E-state index contributed by atoms with van der Waals surface area (Å²) in [6, 6.07) is 3.71. The Bertz CT molecular complexity index is 436. The second-order valence-electron chi connectivity index (χ2n) is 4.61. The van der Waals surface area contributed by atoms with Crippen molar-refractivity contribution in [2.45, 2.75) is 38.8 Å². The van der Waals surface area contributed by atoms with Crippen molar-refractivity contribution in [3.63, 3.8) is 0 Å². The lowest BCUT2D eigenvalue weighted by Gasteiger charge is -2.31. The van der Waals surface area contributed by atoms with E-state index in [2.05, 4.69) is 5.32 Å². The molecule has 4 nitrogen and oxygen atoms in total. The summed E-state index contributed by atoms with van der Waals surface area (Å²) in [5.41, 5.74) is -0.105. The molecule has 0 amide bonds. The van der Waals surface area contributed by atoms with Gasteiger partial charge in [0.1, 0.15) is 5.82 Å². The van der Waals surface area contributed by atoms with Gasteiger partial charge in [-0.15, -0.1) is 0 Å². The summed E-state index contributed by atoms with van der Waals surface area (Å²) in [5, 5.41) is 21.4. The van der Waals surface area contributed by atoms with Crippen LogP contribution in [-0.2, 0) is 6.54 Å². The molecule has 0 radical (unpaired) electrons. The molecule has 1 aromatic carbocycles. The van der Waals surface area contributed by atoms with Gasteiger partial charge in [0.15, 0.2) is 0 Å². The van der Waals surface area contributed by atoms with Gasteiger partial charge in [0.05, 0.1) is 12.2 Å². The van der Waals surface area contributed by atoms with E-state index in [-0.39, 0.29) is 18.7 Å². The average Bonchev–Trinajstić information content (AvgIpc) is 2.42. The van der Waals surface area contributed by atoms with Crippen molar-refractivity contribution in [2.75, 3.05) is 6.61 Å². The maximum Gasteiger partial charge on any atom is 0.335 e. The van der Waals surface area contributed by atoms with Crippen LogP contribution in [0.1, 0.15) is 42.6 Å². The molecule has 1 rings (SSSR count). The number of hydrogen-bond acceptors (Lipinski definition) is 3. The molecule has 0 saturated carbocycles. The number of rotatable bonds is 7. The first-order valence-corrected chi connectivity index (χ1v) is 6.35. The molecule has 1 aromatic rings. The van der Waals surface area contributed by atoms with Crippen molar-refractivity contribution in [3.8, 4) is 0 Å². The summed E-state index contributed by atoms with van der Waals surface area (Å²) in [4.78, 5) is 10.9. The number of carboxylic acid groups (broad SMARTS) is 1. The lowest BCUT2D eigenvalue weighted by atomic mass is 9.93. The molecule has 0 aliphatic carbocycles. The monoisotopic (exact) mass is 269 g/mol. The van der Waals surface area contributed by atoms with Gasteiger partial charge in [-0.05, 0) is 31.0 Å². The van der Waals surface area contributed by atoms with Gasteiger partial charge in [0.25, 0.3) is 0 Å². The predicted octanol–water partition coefficient (Wildman–Crippen LogP) is 2.16. The van der Waals surface area contributed by atoms with Gasteiger partial charge in [-0.2, -0.15) is 0 Å². The summed E-state index contributed by atoms with van der Waals surface area (Å²) in [6.45, 7) is 4.03. The standard InChI is InChI=1S/C14H20FNO3/c1-3-14(4-2,9-17)16-8-11-7-10(13(18)19)5-6-12(11)15/h5-7,16-17H,3-4,8-9H2,1-2H3,(H,18,19). The van der Waals surface area contributed by atoms with Crippen molar-refractivity contribution >= 4 is 5.97 Å². The quantitative estimate of drug-likeness (QED) is 0.709. The van der Waals surface area contributed by atoms with E-state index in [1.54, 1.807) is 0 Å². The average molecular weight is 269 g/mol. The van der Waals surface area contributed by atoms with Gasteiger partial charge in [-0.25, -0.2) is 9.18 Å². The van der Waals surface area contributed by atoms with Crippen molar-refractivity contribution in [1.82, 2.24) is 5.32 Å². The topological polar surface area (TPSA) is 69.6 Å². The van der Waals surface area contributed by atoms with Gasteiger partial charge in [0, 0.05) is 17.6 Å². The molecule has 0 unspecified atom stereocenters. The van der Waals surface area contributed by atoms with E-state index in [0.29, 0.717) is 18.4 Å². The van der Waals surface area contributed by atoms with Crippen LogP contribution < -0.4 is 5.32 Å². The van der Waals surface area contributed by atoms with Crippen LogP contribution in [0.3, 0.4) is 0 Å². The normalized spacial score (nSPS) is 11.6. The van der Waals surface area contributed by atoms with E-state index in [1.165, 1.54) is 12.1 Å². The molecule has 0 fully saturated rings. The molecular formula is C14H20FNO3. The van der Waals surface area contributed by atoms with Crippen molar-refractivity contribution in [3.05, 3.63) is 35.1 Å². The highest BCUT2D eigenvalue weighted by molar-refractivity contribution is 5.87. The number of aromatic carboxylic acids is 1. The van der Waals surface area contributed by atoms with Crippen molar-refractivity contribution in [1.29, 1.82) is 0 Å². The van der Waals surface area contributed by atoms with E-state index >= 15 is 0 Å². The smallest absolute Gasteiger partial charge is 0.335 e. The molecule has 0 spiro atoms. The molecule has 3 N–H and O–H groups in total. The number of aliphatic hydroxyl groups excluding tert-OH is 1. The highest BCUT2D eigenvalue weighted by Gasteiger charge is 2.24. The van der Waals surface area contributed by atoms with E-state index in [4.69, 9.17) is 5.11 Å². The zero-order chi connectivity index (χ0) is 14.5. The summed E-state index contributed by atoms with van der Waals surface area (Å²) in [5.74, 6) is -1.53. The minimum atomic E-state index is -1.08. The molecule has 19 heavy (non-hydrogen) atoms. The Morgan fingerprint density at radius 1 is 1.37 bits per heavy atom. The number of carboxylic acids is 1. The number of benzene rings is 1. The lowest BCUT2D eigenvalue weighted by molar-refractivity contribution is 0.0696. The summed E-state index contributed by atoms with van der Waals surface area (Å²) in [6.07, 6.45) is 1.42. The maximum atomic E-state index is 13.6. The Balaban J connectivity index is 2.87. The fourth-order valence-electron chi connectivity index (χ4n) is 1.91. The minimum absolute atomic E-state index is 0.0414. The third-order valence-corrected chi connectivity index (χ3v) is 3.60. The third-order valence-electron chi connectivity index (χ3n) is 3.60. The van der Waals surface area contributed by atoms with Gasteiger partial charge in [-0.3, -0.25) is 0 Å². The fraction of sp³-hybridized carbons (Fsp3) is 0.500. The molecule has 5 heteroatoms. The Hall–Kier alpha value is -1.46.